The van der Waals surface area contributed by atoms with E-state index in [0.29, 0.717) is 17.5 Å². The summed E-state index contributed by atoms with van der Waals surface area (Å²) in [7, 11) is 1.62. The van der Waals surface area contributed by atoms with E-state index in [0.717, 1.165) is 24.2 Å². The molecule has 3 rings (SSSR count). The Bertz CT molecular complexity index is 589. The van der Waals surface area contributed by atoms with Gasteiger partial charge in [0.1, 0.15) is 0 Å². The molecule has 0 bridgehead atoms. The summed E-state index contributed by atoms with van der Waals surface area (Å²) >= 11 is 0. The van der Waals surface area contributed by atoms with Crippen molar-refractivity contribution in [3.63, 3.8) is 0 Å². The molecule has 1 saturated carbocycles. The van der Waals surface area contributed by atoms with Crippen LogP contribution in [0.1, 0.15) is 38.1 Å². The molecular weight excluding hydrogens is 254 g/mol. The number of rotatable bonds is 3. The number of methoxy groups -OCH3 is 1. The fourth-order valence-corrected chi connectivity index (χ4v) is 2.90. The van der Waals surface area contributed by atoms with Crippen LogP contribution < -0.4 is 10.5 Å². The van der Waals surface area contributed by atoms with E-state index in [-0.39, 0.29) is 0 Å². The molecule has 0 radical (unpaired) electrons. The third kappa shape index (κ3) is 2.21. The van der Waals surface area contributed by atoms with Crippen LogP contribution in [-0.2, 0) is 0 Å². The maximum atomic E-state index is 5.96. The predicted octanol–water partition coefficient (Wildman–Crippen LogP) is 2.44. The molecule has 2 N–H and O–H groups in total. The smallest absolute Gasteiger partial charge is 0.186 e. The molecule has 2 aromatic rings. The molecule has 1 aliphatic carbocycles. The monoisotopic (exact) mass is 273 g/mol. The van der Waals surface area contributed by atoms with Gasteiger partial charge in [0.25, 0.3) is 0 Å². The first kappa shape index (κ1) is 12.9. The number of tetrazole rings is 1. The second kappa shape index (κ2) is 5.48. The standard InChI is InChI=1S/C14H19N5O/c1-20-13-11(8-5-9-12(13)15)14-16-17-18-19(14)10-6-3-2-4-7-10/h5,8-10H,2-4,6-7,15H2,1H3. The van der Waals surface area contributed by atoms with Crippen molar-refractivity contribution in [2.24, 2.45) is 0 Å². The average molecular weight is 273 g/mol. The zero-order valence-corrected chi connectivity index (χ0v) is 11.6. The SMILES string of the molecule is COc1c(N)cccc1-c1nnnn1C1CCCCC1. The summed E-state index contributed by atoms with van der Waals surface area (Å²) in [5.41, 5.74) is 7.41. The van der Waals surface area contributed by atoms with Crippen LogP contribution in [-0.4, -0.2) is 27.3 Å². The Labute approximate surface area is 117 Å². The Morgan fingerprint density at radius 2 is 2.05 bits per heavy atom. The topological polar surface area (TPSA) is 78.8 Å². The molecule has 106 valence electrons. The lowest BCUT2D eigenvalue weighted by Gasteiger charge is -2.22. The number of hydrogen-bond acceptors (Lipinski definition) is 5. The molecule has 1 heterocycles. The number of nitrogens with zero attached hydrogens (tertiary/aromatic N) is 4. The second-order valence-corrected chi connectivity index (χ2v) is 5.17. The fourth-order valence-electron chi connectivity index (χ4n) is 2.90. The molecular formula is C14H19N5O. The Hall–Kier alpha value is -2.11. The number of anilines is 1. The molecule has 0 amide bonds. The van der Waals surface area contributed by atoms with Gasteiger partial charge in [-0.3, -0.25) is 0 Å². The van der Waals surface area contributed by atoms with Crippen LogP contribution in [0, 0.1) is 0 Å². The van der Waals surface area contributed by atoms with Crippen molar-refractivity contribution in [2.45, 2.75) is 38.1 Å². The van der Waals surface area contributed by atoms with Crippen LogP contribution in [0.5, 0.6) is 5.75 Å². The van der Waals surface area contributed by atoms with Crippen molar-refractivity contribution in [2.75, 3.05) is 12.8 Å². The first-order valence-corrected chi connectivity index (χ1v) is 7.02. The molecule has 6 heteroatoms. The summed E-state index contributed by atoms with van der Waals surface area (Å²) in [6.45, 7) is 0. The first-order chi connectivity index (χ1) is 9.81. The molecule has 1 aromatic carbocycles. The number of benzene rings is 1. The van der Waals surface area contributed by atoms with E-state index in [1.807, 2.05) is 22.9 Å². The minimum atomic E-state index is 0.375. The van der Waals surface area contributed by atoms with Crippen LogP contribution in [0.3, 0.4) is 0 Å². The van der Waals surface area contributed by atoms with E-state index >= 15 is 0 Å². The van der Waals surface area contributed by atoms with Crippen molar-refractivity contribution in [3.8, 4) is 17.1 Å². The van der Waals surface area contributed by atoms with E-state index in [1.165, 1.54) is 19.3 Å². The largest absolute Gasteiger partial charge is 0.494 e. The van der Waals surface area contributed by atoms with Gasteiger partial charge in [-0.1, -0.05) is 25.3 Å². The van der Waals surface area contributed by atoms with Gasteiger partial charge in [0, 0.05) is 0 Å². The van der Waals surface area contributed by atoms with Gasteiger partial charge in [0.15, 0.2) is 11.6 Å². The maximum Gasteiger partial charge on any atom is 0.186 e. The predicted molar refractivity (Wildman–Crippen MR) is 76.3 cm³/mol. The lowest BCUT2D eigenvalue weighted by Crippen LogP contribution is -2.15. The van der Waals surface area contributed by atoms with E-state index in [1.54, 1.807) is 7.11 Å². The maximum absolute atomic E-state index is 5.96. The summed E-state index contributed by atoms with van der Waals surface area (Å²) in [6.07, 6.45) is 6.02. The molecule has 1 aromatic heterocycles. The van der Waals surface area contributed by atoms with Crippen LogP contribution in [0.4, 0.5) is 5.69 Å². The highest BCUT2D eigenvalue weighted by molar-refractivity contribution is 5.73. The molecule has 0 unspecified atom stereocenters. The molecule has 0 aliphatic heterocycles. The number of nitrogens with two attached hydrogens (primary N) is 1. The third-order valence-electron chi connectivity index (χ3n) is 3.90. The molecule has 0 spiro atoms. The zero-order valence-electron chi connectivity index (χ0n) is 11.6. The Balaban J connectivity index is 2.03. The number of para-hydroxylation sites is 1. The fraction of sp³-hybridized carbons (Fsp3) is 0.500. The zero-order chi connectivity index (χ0) is 13.9. The second-order valence-electron chi connectivity index (χ2n) is 5.17. The minimum Gasteiger partial charge on any atom is -0.494 e. The van der Waals surface area contributed by atoms with Crippen molar-refractivity contribution in [3.05, 3.63) is 18.2 Å². The minimum absolute atomic E-state index is 0.375. The van der Waals surface area contributed by atoms with Gasteiger partial charge >= 0.3 is 0 Å². The molecule has 1 fully saturated rings. The highest BCUT2D eigenvalue weighted by atomic mass is 16.5. The van der Waals surface area contributed by atoms with Crippen molar-refractivity contribution < 1.29 is 4.74 Å². The molecule has 1 aliphatic rings. The van der Waals surface area contributed by atoms with Crippen molar-refractivity contribution >= 4 is 5.69 Å². The summed E-state index contributed by atoms with van der Waals surface area (Å²) in [5, 5.41) is 12.2. The Morgan fingerprint density at radius 1 is 1.25 bits per heavy atom. The number of ether oxygens (including phenoxy) is 1. The highest BCUT2D eigenvalue weighted by Crippen LogP contribution is 2.36. The van der Waals surface area contributed by atoms with E-state index in [2.05, 4.69) is 15.5 Å². The lowest BCUT2D eigenvalue weighted by atomic mass is 9.95. The van der Waals surface area contributed by atoms with Crippen molar-refractivity contribution in [1.82, 2.24) is 20.2 Å². The molecule has 0 atom stereocenters. The molecule has 6 nitrogen and oxygen atoms in total. The number of aromatic nitrogens is 4. The number of nitrogen functional groups attached to an aromatic ring is 1. The van der Waals surface area contributed by atoms with Gasteiger partial charge in [0.2, 0.25) is 0 Å². The van der Waals surface area contributed by atoms with Gasteiger partial charge in [-0.2, -0.15) is 0 Å². The average Bonchev–Trinajstić information content (AvgIpc) is 2.97. The van der Waals surface area contributed by atoms with E-state index in [9.17, 15) is 0 Å². The quantitative estimate of drug-likeness (QED) is 0.869. The van der Waals surface area contributed by atoms with Crippen LogP contribution >= 0.6 is 0 Å². The van der Waals surface area contributed by atoms with Crippen molar-refractivity contribution in [1.29, 1.82) is 0 Å². The van der Waals surface area contributed by atoms with Gasteiger partial charge in [0.05, 0.1) is 24.4 Å². The third-order valence-corrected chi connectivity index (χ3v) is 3.90. The highest BCUT2D eigenvalue weighted by Gasteiger charge is 2.23. The van der Waals surface area contributed by atoms with Gasteiger partial charge in [-0.15, -0.1) is 5.10 Å². The van der Waals surface area contributed by atoms with Gasteiger partial charge < -0.3 is 10.5 Å². The van der Waals surface area contributed by atoms with Gasteiger partial charge in [-0.25, -0.2) is 4.68 Å². The van der Waals surface area contributed by atoms with Crippen LogP contribution in [0.2, 0.25) is 0 Å². The summed E-state index contributed by atoms with van der Waals surface area (Å²) in [6, 6.07) is 6.03. The Morgan fingerprint density at radius 3 is 2.80 bits per heavy atom. The van der Waals surface area contributed by atoms with Crippen LogP contribution in [0.25, 0.3) is 11.4 Å². The molecule has 20 heavy (non-hydrogen) atoms. The van der Waals surface area contributed by atoms with E-state index < -0.39 is 0 Å². The normalized spacial score (nSPS) is 16.2. The Kier molecular flexibility index (Phi) is 3.54. The first-order valence-electron chi connectivity index (χ1n) is 7.02. The van der Waals surface area contributed by atoms with E-state index in [4.69, 9.17) is 10.5 Å². The van der Waals surface area contributed by atoms with Crippen LogP contribution in [0.15, 0.2) is 18.2 Å². The summed E-state index contributed by atoms with van der Waals surface area (Å²) < 4.78 is 7.34. The summed E-state index contributed by atoms with van der Waals surface area (Å²) in [5.74, 6) is 1.38. The summed E-state index contributed by atoms with van der Waals surface area (Å²) in [4.78, 5) is 0. The van der Waals surface area contributed by atoms with Gasteiger partial charge in [-0.05, 0) is 35.4 Å². The molecule has 0 saturated heterocycles. The lowest BCUT2D eigenvalue weighted by molar-refractivity contribution is 0.326. The number of hydrogen-bond donors (Lipinski definition) is 1.